The first-order chi connectivity index (χ1) is 9.24. The maximum absolute atomic E-state index is 5.87. The molecule has 0 spiro atoms. The number of benzene rings is 1. The van der Waals surface area contributed by atoms with Crippen LogP contribution in [0.1, 0.15) is 69.5 Å². The molecule has 1 aromatic carbocycles. The average molecular weight is 260 g/mol. The zero-order valence-electron chi connectivity index (χ0n) is 12.4. The number of fused-ring (bicyclic) bond motifs is 1. The van der Waals surface area contributed by atoms with E-state index < -0.39 is 0 Å². The van der Waals surface area contributed by atoms with Gasteiger partial charge in [0, 0.05) is 17.8 Å². The highest BCUT2D eigenvalue weighted by molar-refractivity contribution is 5.47. The summed E-state index contributed by atoms with van der Waals surface area (Å²) in [6.45, 7) is 4.56. The fourth-order valence-corrected chi connectivity index (χ4v) is 3.21. The smallest absolute Gasteiger partial charge is 0.0328 e. The molecule has 2 rings (SSSR count). The lowest BCUT2D eigenvalue weighted by Crippen LogP contribution is -2.31. The summed E-state index contributed by atoms with van der Waals surface area (Å²) in [6, 6.07) is 7.64. The molecule has 1 aliphatic rings. The van der Waals surface area contributed by atoms with Crippen LogP contribution in [0.3, 0.4) is 0 Å². The Morgan fingerprint density at radius 3 is 2.84 bits per heavy atom. The molecule has 1 aromatic rings. The van der Waals surface area contributed by atoms with Gasteiger partial charge in [-0.1, -0.05) is 39.2 Å². The molecule has 0 bridgehead atoms. The number of nitrogens with one attached hydrogen (secondary N) is 1. The predicted octanol–water partition coefficient (Wildman–Crippen LogP) is 4.20. The van der Waals surface area contributed by atoms with E-state index in [1.807, 2.05) is 6.07 Å². The van der Waals surface area contributed by atoms with Crippen LogP contribution in [-0.4, -0.2) is 6.04 Å². The van der Waals surface area contributed by atoms with Gasteiger partial charge in [0.05, 0.1) is 0 Å². The van der Waals surface area contributed by atoms with Crippen LogP contribution in [0.5, 0.6) is 0 Å². The zero-order chi connectivity index (χ0) is 13.7. The first-order valence-corrected chi connectivity index (χ1v) is 7.89. The van der Waals surface area contributed by atoms with E-state index in [1.165, 1.54) is 56.1 Å². The minimum absolute atomic E-state index is 0.545. The second-order valence-corrected chi connectivity index (χ2v) is 5.84. The number of rotatable bonds is 7. The van der Waals surface area contributed by atoms with Crippen molar-refractivity contribution in [3.63, 3.8) is 0 Å². The normalized spacial score (nSPS) is 19.4. The molecule has 19 heavy (non-hydrogen) atoms. The SMILES string of the molecule is CCCCC(CCC)NC1CCc2cc(N)ccc21. The lowest BCUT2D eigenvalue weighted by atomic mass is 10.0. The fourth-order valence-electron chi connectivity index (χ4n) is 3.21. The van der Waals surface area contributed by atoms with Crippen molar-refractivity contribution < 1.29 is 0 Å². The van der Waals surface area contributed by atoms with Gasteiger partial charge >= 0.3 is 0 Å². The predicted molar refractivity (Wildman–Crippen MR) is 83.3 cm³/mol. The highest BCUT2D eigenvalue weighted by Crippen LogP contribution is 2.33. The van der Waals surface area contributed by atoms with Gasteiger partial charge in [-0.05, 0) is 48.9 Å². The van der Waals surface area contributed by atoms with Gasteiger partial charge in [0.25, 0.3) is 0 Å². The summed E-state index contributed by atoms with van der Waals surface area (Å²) in [5.41, 5.74) is 9.70. The van der Waals surface area contributed by atoms with Crippen LogP contribution >= 0.6 is 0 Å². The molecule has 0 radical (unpaired) electrons. The van der Waals surface area contributed by atoms with E-state index in [1.54, 1.807) is 0 Å². The number of aryl methyl sites for hydroxylation is 1. The van der Waals surface area contributed by atoms with Gasteiger partial charge in [-0.15, -0.1) is 0 Å². The van der Waals surface area contributed by atoms with Crippen molar-refractivity contribution in [2.45, 2.75) is 70.9 Å². The number of nitrogen functional groups attached to an aromatic ring is 1. The zero-order valence-corrected chi connectivity index (χ0v) is 12.4. The first-order valence-electron chi connectivity index (χ1n) is 7.89. The van der Waals surface area contributed by atoms with E-state index in [0.29, 0.717) is 12.1 Å². The standard InChI is InChI=1S/C17H28N2/c1-3-5-7-15(6-4-2)19-17-11-8-13-12-14(18)9-10-16(13)17/h9-10,12,15,17,19H,3-8,11,18H2,1-2H3. The number of unbranched alkanes of at least 4 members (excludes halogenated alkanes) is 1. The Labute approximate surface area is 117 Å². The molecule has 3 N–H and O–H groups in total. The van der Waals surface area contributed by atoms with E-state index in [9.17, 15) is 0 Å². The monoisotopic (exact) mass is 260 g/mol. The van der Waals surface area contributed by atoms with Crippen LogP contribution in [-0.2, 0) is 6.42 Å². The second kappa shape index (κ2) is 6.95. The van der Waals surface area contributed by atoms with Gasteiger partial charge in [-0.2, -0.15) is 0 Å². The Morgan fingerprint density at radius 1 is 1.26 bits per heavy atom. The van der Waals surface area contributed by atoms with Crippen molar-refractivity contribution in [1.82, 2.24) is 5.32 Å². The summed E-state index contributed by atoms with van der Waals surface area (Å²) in [5.74, 6) is 0. The van der Waals surface area contributed by atoms with Crippen LogP contribution in [0.15, 0.2) is 18.2 Å². The van der Waals surface area contributed by atoms with Crippen molar-refractivity contribution in [3.05, 3.63) is 29.3 Å². The molecule has 2 heteroatoms. The highest BCUT2D eigenvalue weighted by Gasteiger charge is 2.24. The minimum Gasteiger partial charge on any atom is -0.399 e. The largest absolute Gasteiger partial charge is 0.399 e. The summed E-state index contributed by atoms with van der Waals surface area (Å²) in [4.78, 5) is 0. The van der Waals surface area contributed by atoms with E-state index >= 15 is 0 Å². The van der Waals surface area contributed by atoms with Crippen molar-refractivity contribution in [2.75, 3.05) is 5.73 Å². The van der Waals surface area contributed by atoms with Crippen LogP contribution < -0.4 is 11.1 Å². The van der Waals surface area contributed by atoms with Gasteiger partial charge < -0.3 is 11.1 Å². The molecule has 2 nitrogen and oxygen atoms in total. The number of anilines is 1. The molecular weight excluding hydrogens is 232 g/mol. The molecule has 0 saturated heterocycles. The molecule has 2 unspecified atom stereocenters. The summed E-state index contributed by atoms with van der Waals surface area (Å²) in [7, 11) is 0. The average Bonchev–Trinajstić information content (AvgIpc) is 2.78. The topological polar surface area (TPSA) is 38.0 Å². The van der Waals surface area contributed by atoms with E-state index in [-0.39, 0.29) is 0 Å². The number of nitrogens with two attached hydrogens (primary N) is 1. The molecule has 106 valence electrons. The molecule has 0 saturated carbocycles. The summed E-state index contributed by atoms with van der Waals surface area (Å²) >= 11 is 0. The van der Waals surface area contributed by atoms with Gasteiger partial charge in [0.2, 0.25) is 0 Å². The lowest BCUT2D eigenvalue weighted by Gasteiger charge is -2.23. The quantitative estimate of drug-likeness (QED) is 0.721. The molecule has 1 aliphatic carbocycles. The van der Waals surface area contributed by atoms with Crippen molar-refractivity contribution in [3.8, 4) is 0 Å². The maximum atomic E-state index is 5.87. The Hall–Kier alpha value is -1.02. The number of hydrogen-bond donors (Lipinski definition) is 2. The molecule has 2 atom stereocenters. The van der Waals surface area contributed by atoms with E-state index in [2.05, 4.69) is 31.3 Å². The lowest BCUT2D eigenvalue weighted by molar-refractivity contribution is 0.381. The Morgan fingerprint density at radius 2 is 2.11 bits per heavy atom. The Bertz CT molecular complexity index is 400. The molecule has 0 aliphatic heterocycles. The van der Waals surface area contributed by atoms with Gasteiger partial charge in [0.15, 0.2) is 0 Å². The minimum atomic E-state index is 0.545. The third kappa shape index (κ3) is 3.73. The maximum Gasteiger partial charge on any atom is 0.0328 e. The number of hydrogen-bond acceptors (Lipinski definition) is 2. The van der Waals surface area contributed by atoms with Gasteiger partial charge in [-0.25, -0.2) is 0 Å². The van der Waals surface area contributed by atoms with E-state index in [4.69, 9.17) is 5.73 Å². The summed E-state index contributed by atoms with van der Waals surface area (Å²) < 4.78 is 0. The van der Waals surface area contributed by atoms with Crippen LogP contribution in [0.25, 0.3) is 0 Å². The molecule has 0 heterocycles. The molecule has 0 fully saturated rings. The Balaban J connectivity index is 1.99. The highest BCUT2D eigenvalue weighted by atomic mass is 15.0. The first kappa shape index (κ1) is 14.4. The Kier molecular flexibility index (Phi) is 5.26. The van der Waals surface area contributed by atoms with Gasteiger partial charge in [0.1, 0.15) is 0 Å². The molecule has 0 amide bonds. The fraction of sp³-hybridized carbons (Fsp3) is 0.647. The summed E-state index contributed by atoms with van der Waals surface area (Å²) in [6.07, 6.45) is 8.89. The van der Waals surface area contributed by atoms with Gasteiger partial charge in [-0.3, -0.25) is 0 Å². The molecule has 0 aromatic heterocycles. The van der Waals surface area contributed by atoms with Crippen LogP contribution in [0.4, 0.5) is 5.69 Å². The van der Waals surface area contributed by atoms with Crippen molar-refractivity contribution in [1.29, 1.82) is 0 Å². The third-order valence-corrected chi connectivity index (χ3v) is 4.22. The summed E-state index contributed by atoms with van der Waals surface area (Å²) in [5, 5.41) is 3.89. The molecular formula is C17H28N2. The van der Waals surface area contributed by atoms with Crippen LogP contribution in [0.2, 0.25) is 0 Å². The third-order valence-electron chi connectivity index (χ3n) is 4.22. The van der Waals surface area contributed by atoms with Crippen LogP contribution in [0, 0.1) is 0 Å². The van der Waals surface area contributed by atoms with Crippen molar-refractivity contribution >= 4 is 5.69 Å². The van der Waals surface area contributed by atoms with E-state index in [0.717, 1.165) is 5.69 Å². The second-order valence-electron chi connectivity index (χ2n) is 5.84. The van der Waals surface area contributed by atoms with Crippen molar-refractivity contribution in [2.24, 2.45) is 0 Å².